The van der Waals surface area contributed by atoms with Crippen LogP contribution < -0.4 is 0 Å². The van der Waals surface area contributed by atoms with Crippen LogP contribution in [-0.2, 0) is 19.1 Å². The Hall–Kier alpha value is -2.10. The smallest absolute Gasteiger partial charge is 0.310 e. The summed E-state index contributed by atoms with van der Waals surface area (Å²) in [7, 11) is 0. The molecule has 228 valence electrons. The average Bonchev–Trinajstić information content (AvgIpc) is 2.94. The maximum Gasteiger partial charge on any atom is 0.310 e. The second kappa shape index (κ2) is 23.6. The van der Waals surface area contributed by atoms with Crippen LogP contribution in [0.1, 0.15) is 173 Å². The van der Waals surface area contributed by atoms with E-state index in [0.717, 1.165) is 32.1 Å². The molecule has 0 spiro atoms. The van der Waals surface area contributed by atoms with E-state index in [1.54, 1.807) is 0 Å². The molecule has 1 aromatic carbocycles. The zero-order chi connectivity index (χ0) is 29.4. The molecule has 0 saturated carbocycles. The lowest BCUT2D eigenvalue weighted by Crippen LogP contribution is -2.20. The SMILES string of the molecule is CCCCCCCCCCCC(=O)OC(CCCCCCC)CCC(=O)OC=CC(C)c1cccc(C(C)C)c1. The van der Waals surface area contributed by atoms with Crippen molar-refractivity contribution in [3.8, 4) is 0 Å². The maximum atomic E-state index is 12.5. The normalized spacial score (nSPS) is 13.1. The molecule has 0 aliphatic rings. The molecule has 0 aliphatic carbocycles. The first-order valence-electron chi connectivity index (χ1n) is 16.5. The Morgan fingerprint density at radius 2 is 1.27 bits per heavy atom. The van der Waals surface area contributed by atoms with Crippen LogP contribution in [0.3, 0.4) is 0 Å². The third-order valence-corrected chi connectivity index (χ3v) is 7.75. The van der Waals surface area contributed by atoms with Gasteiger partial charge in [0, 0.05) is 18.8 Å². The fourth-order valence-corrected chi connectivity index (χ4v) is 4.95. The van der Waals surface area contributed by atoms with E-state index in [1.807, 2.05) is 6.08 Å². The summed E-state index contributed by atoms with van der Waals surface area (Å²) < 4.78 is 11.2. The lowest BCUT2D eigenvalue weighted by Gasteiger charge is -2.18. The molecule has 1 rings (SSSR count). The zero-order valence-corrected chi connectivity index (χ0v) is 26.6. The Balaban J connectivity index is 2.42. The summed E-state index contributed by atoms with van der Waals surface area (Å²) in [5.74, 6) is 0.245. The minimum absolute atomic E-state index is 0.118. The fourth-order valence-electron chi connectivity index (χ4n) is 4.95. The predicted octanol–water partition coefficient (Wildman–Crippen LogP) is 10.9. The van der Waals surface area contributed by atoms with Gasteiger partial charge in [-0.1, -0.05) is 136 Å². The van der Waals surface area contributed by atoms with Gasteiger partial charge in [0.25, 0.3) is 0 Å². The topological polar surface area (TPSA) is 52.6 Å². The van der Waals surface area contributed by atoms with Crippen LogP contribution in [0.2, 0.25) is 0 Å². The average molecular weight is 557 g/mol. The van der Waals surface area contributed by atoms with Gasteiger partial charge in [-0.3, -0.25) is 9.59 Å². The molecule has 1 aromatic rings. The van der Waals surface area contributed by atoms with E-state index >= 15 is 0 Å². The number of benzene rings is 1. The van der Waals surface area contributed by atoms with Crippen LogP contribution in [0.15, 0.2) is 36.6 Å². The number of hydrogen-bond donors (Lipinski definition) is 0. The molecule has 40 heavy (non-hydrogen) atoms. The zero-order valence-electron chi connectivity index (χ0n) is 26.6. The number of esters is 2. The van der Waals surface area contributed by atoms with Crippen molar-refractivity contribution in [1.82, 2.24) is 0 Å². The molecule has 4 heteroatoms. The van der Waals surface area contributed by atoms with Gasteiger partial charge < -0.3 is 9.47 Å². The Morgan fingerprint density at radius 1 is 0.700 bits per heavy atom. The molecule has 0 aliphatic heterocycles. The van der Waals surface area contributed by atoms with Gasteiger partial charge in [0.1, 0.15) is 6.10 Å². The molecule has 0 N–H and O–H groups in total. The minimum Gasteiger partial charge on any atom is -0.462 e. The molecule has 0 heterocycles. The number of rotatable bonds is 24. The van der Waals surface area contributed by atoms with Crippen LogP contribution >= 0.6 is 0 Å². The number of ether oxygens (including phenoxy) is 2. The molecule has 0 bridgehead atoms. The highest BCUT2D eigenvalue weighted by molar-refractivity contribution is 5.71. The number of unbranched alkanes of at least 4 members (excludes halogenated alkanes) is 12. The number of hydrogen-bond acceptors (Lipinski definition) is 4. The van der Waals surface area contributed by atoms with Crippen LogP contribution in [0, 0.1) is 0 Å². The molecule has 2 atom stereocenters. The maximum absolute atomic E-state index is 12.5. The van der Waals surface area contributed by atoms with E-state index in [9.17, 15) is 9.59 Å². The van der Waals surface area contributed by atoms with Crippen molar-refractivity contribution >= 4 is 11.9 Å². The van der Waals surface area contributed by atoms with E-state index in [4.69, 9.17) is 9.47 Å². The van der Waals surface area contributed by atoms with Gasteiger partial charge in [-0.05, 0) is 48.8 Å². The van der Waals surface area contributed by atoms with Gasteiger partial charge in [0.05, 0.1) is 6.26 Å². The van der Waals surface area contributed by atoms with E-state index in [2.05, 4.69) is 58.9 Å². The van der Waals surface area contributed by atoms with Gasteiger partial charge in [0.2, 0.25) is 0 Å². The molecule has 0 saturated heterocycles. The van der Waals surface area contributed by atoms with Gasteiger partial charge >= 0.3 is 11.9 Å². The summed E-state index contributed by atoms with van der Waals surface area (Å²) in [5.41, 5.74) is 2.52. The number of carbonyl (C=O) groups excluding carboxylic acids is 2. The third-order valence-electron chi connectivity index (χ3n) is 7.75. The van der Waals surface area contributed by atoms with Crippen molar-refractivity contribution in [1.29, 1.82) is 0 Å². The Morgan fingerprint density at radius 3 is 1.90 bits per heavy atom. The van der Waals surface area contributed by atoms with E-state index < -0.39 is 0 Å². The standard InChI is InChI=1S/C36H60O4/c1-6-8-10-12-13-14-15-17-19-24-36(38)40-34(23-18-16-11-9-7-2)25-26-35(37)39-28-27-31(5)33-22-20-21-32(29-33)30(3)4/h20-22,27-31,34H,6-19,23-26H2,1-5H3. The molecule has 0 aromatic heterocycles. The van der Waals surface area contributed by atoms with Crippen LogP contribution in [0.25, 0.3) is 0 Å². The van der Waals surface area contributed by atoms with E-state index in [1.165, 1.54) is 81.6 Å². The summed E-state index contributed by atoms with van der Waals surface area (Å²) in [6.45, 7) is 10.9. The first kappa shape index (κ1) is 35.9. The molecular formula is C36H60O4. The van der Waals surface area contributed by atoms with Gasteiger partial charge in [-0.2, -0.15) is 0 Å². The molecule has 0 fully saturated rings. The summed E-state index contributed by atoms with van der Waals surface area (Å²) in [6, 6.07) is 8.56. The summed E-state index contributed by atoms with van der Waals surface area (Å²) in [5, 5.41) is 0. The monoisotopic (exact) mass is 556 g/mol. The predicted molar refractivity (Wildman–Crippen MR) is 169 cm³/mol. The van der Waals surface area contributed by atoms with Gasteiger partial charge in [-0.15, -0.1) is 0 Å². The van der Waals surface area contributed by atoms with Crippen molar-refractivity contribution in [3.05, 3.63) is 47.7 Å². The van der Waals surface area contributed by atoms with Crippen LogP contribution in [0.4, 0.5) is 0 Å². The summed E-state index contributed by atoms with van der Waals surface area (Å²) in [6.07, 6.45) is 22.2. The second-order valence-electron chi connectivity index (χ2n) is 11.9. The highest BCUT2D eigenvalue weighted by Gasteiger charge is 2.17. The Labute approximate surface area is 246 Å². The van der Waals surface area contributed by atoms with Crippen molar-refractivity contribution in [2.75, 3.05) is 0 Å². The molecule has 0 radical (unpaired) electrons. The number of carbonyl (C=O) groups is 2. The molecule has 0 amide bonds. The van der Waals surface area contributed by atoms with Crippen molar-refractivity contribution < 1.29 is 19.1 Å². The summed E-state index contributed by atoms with van der Waals surface area (Å²) in [4.78, 5) is 25.0. The highest BCUT2D eigenvalue weighted by atomic mass is 16.5. The van der Waals surface area contributed by atoms with Gasteiger partial charge in [-0.25, -0.2) is 0 Å². The Bertz CT molecular complexity index is 813. The highest BCUT2D eigenvalue weighted by Crippen LogP contribution is 2.22. The minimum atomic E-state index is -0.273. The molecule has 2 unspecified atom stereocenters. The van der Waals surface area contributed by atoms with Crippen molar-refractivity contribution in [3.63, 3.8) is 0 Å². The van der Waals surface area contributed by atoms with Crippen molar-refractivity contribution in [2.24, 2.45) is 0 Å². The fraction of sp³-hybridized carbons (Fsp3) is 0.722. The molecule has 4 nitrogen and oxygen atoms in total. The largest absolute Gasteiger partial charge is 0.462 e. The lowest BCUT2D eigenvalue weighted by molar-refractivity contribution is -0.151. The first-order valence-corrected chi connectivity index (χ1v) is 16.5. The quantitative estimate of drug-likeness (QED) is 0.0722. The third kappa shape index (κ3) is 18.3. The van der Waals surface area contributed by atoms with Crippen molar-refractivity contribution in [2.45, 2.75) is 168 Å². The first-order chi connectivity index (χ1) is 19.4. The lowest BCUT2D eigenvalue weighted by atomic mass is 9.95. The second-order valence-corrected chi connectivity index (χ2v) is 11.9. The molecular weight excluding hydrogens is 496 g/mol. The van der Waals surface area contributed by atoms with E-state index in [-0.39, 0.29) is 30.4 Å². The summed E-state index contributed by atoms with van der Waals surface area (Å²) >= 11 is 0. The Kier molecular flexibility index (Phi) is 21.2. The van der Waals surface area contributed by atoms with Crippen LogP contribution in [0.5, 0.6) is 0 Å². The van der Waals surface area contributed by atoms with Crippen LogP contribution in [-0.4, -0.2) is 18.0 Å². The number of allylic oxidation sites excluding steroid dienone is 1. The van der Waals surface area contributed by atoms with Gasteiger partial charge in [0.15, 0.2) is 0 Å². The van der Waals surface area contributed by atoms with E-state index in [0.29, 0.717) is 18.8 Å².